The van der Waals surface area contributed by atoms with Crippen molar-refractivity contribution in [1.29, 1.82) is 0 Å². The fraction of sp³-hybridized carbons (Fsp3) is 0.118. The minimum Gasteiger partial charge on any atom is -0.507 e. The highest BCUT2D eigenvalue weighted by molar-refractivity contribution is 8.04. The maximum atomic E-state index is 12.4. The summed E-state index contributed by atoms with van der Waals surface area (Å²) in [5, 5.41) is 9.80. The van der Waals surface area contributed by atoms with Crippen LogP contribution in [0.1, 0.15) is 22.8 Å². The monoisotopic (exact) mass is 298 g/mol. The summed E-state index contributed by atoms with van der Waals surface area (Å²) in [5.74, 6) is 0.922. The first-order valence-electron chi connectivity index (χ1n) is 6.68. The molecule has 0 bridgehead atoms. The van der Waals surface area contributed by atoms with E-state index in [1.807, 2.05) is 25.1 Å². The van der Waals surface area contributed by atoms with Crippen molar-refractivity contribution in [2.45, 2.75) is 11.8 Å². The molecule has 1 N–H and O–H groups in total. The second-order valence-electron chi connectivity index (χ2n) is 4.59. The van der Waals surface area contributed by atoms with Crippen LogP contribution in [0.15, 0.2) is 52.3 Å². The first kappa shape index (κ1) is 13.8. The molecule has 3 nitrogen and oxygen atoms in total. The minimum atomic E-state index is -0.0127. The zero-order valence-electron chi connectivity index (χ0n) is 11.5. The summed E-state index contributed by atoms with van der Waals surface area (Å²) in [4.78, 5) is 13.9. The van der Waals surface area contributed by atoms with Crippen LogP contribution < -0.4 is 4.74 Å². The Bertz CT molecular complexity index is 735. The molecule has 0 aromatic heterocycles. The Hall–Kier alpha value is -2.20. The predicted octanol–water partition coefficient (Wildman–Crippen LogP) is 4.12. The molecule has 0 saturated carbocycles. The molecule has 0 saturated heterocycles. The van der Waals surface area contributed by atoms with E-state index < -0.39 is 0 Å². The molecule has 21 heavy (non-hydrogen) atoms. The molecule has 0 radical (unpaired) electrons. The van der Waals surface area contributed by atoms with Gasteiger partial charge in [0, 0.05) is 16.0 Å². The van der Waals surface area contributed by atoms with E-state index in [1.165, 1.54) is 11.8 Å². The van der Waals surface area contributed by atoms with Crippen LogP contribution in [-0.4, -0.2) is 17.5 Å². The molecule has 1 heterocycles. The summed E-state index contributed by atoms with van der Waals surface area (Å²) in [5.41, 5.74) is 1.33. The smallest absolute Gasteiger partial charge is 0.200 e. The Morgan fingerprint density at radius 3 is 2.81 bits per heavy atom. The molecule has 106 valence electrons. The topological polar surface area (TPSA) is 46.5 Å². The number of ketones is 1. The standard InChI is InChI=1S/C17H14O3S/c1-2-20-12-7-8-13-15(10-12)21-16(17(13)19)9-11-5-3-4-6-14(11)18/h3-10,18H,2H2,1H3. The van der Waals surface area contributed by atoms with E-state index in [9.17, 15) is 9.90 Å². The van der Waals surface area contributed by atoms with Crippen molar-refractivity contribution in [3.63, 3.8) is 0 Å². The summed E-state index contributed by atoms with van der Waals surface area (Å²) in [7, 11) is 0. The summed E-state index contributed by atoms with van der Waals surface area (Å²) >= 11 is 1.41. The van der Waals surface area contributed by atoms with Gasteiger partial charge in [-0.25, -0.2) is 0 Å². The fourth-order valence-electron chi connectivity index (χ4n) is 2.17. The average Bonchev–Trinajstić information content (AvgIpc) is 2.78. The second-order valence-corrected chi connectivity index (χ2v) is 5.67. The van der Waals surface area contributed by atoms with Crippen LogP contribution in [0.3, 0.4) is 0 Å². The summed E-state index contributed by atoms with van der Waals surface area (Å²) < 4.78 is 5.45. The van der Waals surface area contributed by atoms with Crippen LogP contribution in [-0.2, 0) is 0 Å². The Morgan fingerprint density at radius 1 is 1.24 bits per heavy atom. The third kappa shape index (κ3) is 2.67. The van der Waals surface area contributed by atoms with E-state index >= 15 is 0 Å². The largest absolute Gasteiger partial charge is 0.507 e. The molecule has 0 spiro atoms. The van der Waals surface area contributed by atoms with Gasteiger partial charge in [-0.15, -0.1) is 0 Å². The SMILES string of the molecule is CCOc1ccc2c(c1)SC(=Cc1ccccc1O)C2=O. The van der Waals surface area contributed by atoms with Crippen LogP contribution in [0, 0.1) is 0 Å². The van der Waals surface area contributed by atoms with Gasteiger partial charge >= 0.3 is 0 Å². The number of phenolic OH excluding ortho intramolecular Hbond substituents is 1. The van der Waals surface area contributed by atoms with Gasteiger partial charge in [0.25, 0.3) is 0 Å². The molecular weight excluding hydrogens is 284 g/mol. The van der Waals surface area contributed by atoms with Crippen molar-refractivity contribution in [3.05, 3.63) is 58.5 Å². The number of carbonyl (C=O) groups is 1. The number of Topliss-reactive ketones (excluding diaryl/α,β-unsaturated/α-hetero) is 1. The number of rotatable bonds is 3. The zero-order chi connectivity index (χ0) is 14.8. The highest BCUT2D eigenvalue weighted by atomic mass is 32.2. The number of allylic oxidation sites excluding steroid dienone is 1. The van der Waals surface area contributed by atoms with E-state index in [2.05, 4.69) is 0 Å². The molecule has 0 fully saturated rings. The number of thioether (sulfide) groups is 1. The maximum absolute atomic E-state index is 12.4. The second kappa shape index (κ2) is 5.66. The number of carbonyl (C=O) groups excluding carboxylic acids is 1. The van der Waals surface area contributed by atoms with Gasteiger partial charge in [-0.05, 0) is 37.3 Å². The Morgan fingerprint density at radius 2 is 2.05 bits per heavy atom. The lowest BCUT2D eigenvalue weighted by Gasteiger charge is -2.03. The van der Waals surface area contributed by atoms with Crippen molar-refractivity contribution in [1.82, 2.24) is 0 Å². The molecule has 4 heteroatoms. The van der Waals surface area contributed by atoms with Gasteiger partial charge in [-0.1, -0.05) is 30.0 Å². The molecule has 0 unspecified atom stereocenters. The van der Waals surface area contributed by atoms with Gasteiger partial charge in [0.1, 0.15) is 11.5 Å². The Balaban J connectivity index is 1.95. The van der Waals surface area contributed by atoms with E-state index in [0.29, 0.717) is 22.6 Å². The van der Waals surface area contributed by atoms with Crippen molar-refractivity contribution in [2.75, 3.05) is 6.61 Å². The van der Waals surface area contributed by atoms with Crippen LogP contribution in [0.4, 0.5) is 0 Å². The number of hydrogen-bond donors (Lipinski definition) is 1. The lowest BCUT2D eigenvalue weighted by Crippen LogP contribution is -1.95. The number of ether oxygens (including phenoxy) is 1. The summed E-state index contributed by atoms with van der Waals surface area (Å²) in [6.07, 6.45) is 1.72. The van der Waals surface area contributed by atoms with Gasteiger partial charge in [-0.2, -0.15) is 0 Å². The third-order valence-electron chi connectivity index (χ3n) is 3.18. The average molecular weight is 298 g/mol. The molecule has 3 rings (SSSR count). The third-order valence-corrected chi connectivity index (χ3v) is 4.26. The van der Waals surface area contributed by atoms with E-state index in [1.54, 1.807) is 30.3 Å². The Labute approximate surface area is 127 Å². The van der Waals surface area contributed by atoms with E-state index in [4.69, 9.17) is 4.74 Å². The molecule has 1 aliphatic heterocycles. The van der Waals surface area contributed by atoms with Crippen molar-refractivity contribution < 1.29 is 14.6 Å². The van der Waals surface area contributed by atoms with Crippen LogP contribution in [0.5, 0.6) is 11.5 Å². The van der Waals surface area contributed by atoms with Gasteiger partial charge in [0.2, 0.25) is 5.78 Å². The zero-order valence-corrected chi connectivity index (χ0v) is 12.3. The lowest BCUT2D eigenvalue weighted by molar-refractivity contribution is 0.104. The molecule has 1 aliphatic rings. The van der Waals surface area contributed by atoms with E-state index in [0.717, 1.165) is 10.6 Å². The van der Waals surface area contributed by atoms with Gasteiger partial charge in [-0.3, -0.25) is 4.79 Å². The molecule has 2 aromatic carbocycles. The van der Waals surface area contributed by atoms with Crippen molar-refractivity contribution in [2.24, 2.45) is 0 Å². The van der Waals surface area contributed by atoms with Crippen LogP contribution in [0.2, 0.25) is 0 Å². The molecule has 0 atom stereocenters. The van der Waals surface area contributed by atoms with Gasteiger partial charge < -0.3 is 9.84 Å². The van der Waals surface area contributed by atoms with Crippen LogP contribution >= 0.6 is 11.8 Å². The van der Waals surface area contributed by atoms with Gasteiger partial charge in [0.15, 0.2) is 0 Å². The van der Waals surface area contributed by atoms with E-state index in [-0.39, 0.29) is 11.5 Å². The Kier molecular flexibility index (Phi) is 3.71. The number of fused-ring (bicyclic) bond motifs is 1. The van der Waals surface area contributed by atoms with Crippen molar-refractivity contribution in [3.8, 4) is 11.5 Å². The number of benzene rings is 2. The van der Waals surface area contributed by atoms with Gasteiger partial charge in [0.05, 0.1) is 11.5 Å². The first-order chi connectivity index (χ1) is 10.2. The molecule has 0 aliphatic carbocycles. The summed E-state index contributed by atoms with van der Waals surface area (Å²) in [6.45, 7) is 2.52. The number of phenols is 1. The minimum absolute atomic E-state index is 0.0127. The molecule has 2 aromatic rings. The lowest BCUT2D eigenvalue weighted by atomic mass is 10.1. The molecule has 0 amide bonds. The highest BCUT2D eigenvalue weighted by Crippen LogP contribution is 2.42. The number of hydrogen-bond acceptors (Lipinski definition) is 4. The quantitative estimate of drug-likeness (QED) is 0.866. The molecular formula is C17H14O3S. The highest BCUT2D eigenvalue weighted by Gasteiger charge is 2.26. The number of para-hydroxylation sites is 1. The fourth-order valence-corrected chi connectivity index (χ4v) is 3.25. The number of aromatic hydroxyl groups is 1. The first-order valence-corrected chi connectivity index (χ1v) is 7.50. The predicted molar refractivity (Wildman–Crippen MR) is 83.9 cm³/mol. The maximum Gasteiger partial charge on any atom is 0.200 e. The normalized spacial score (nSPS) is 15.3. The van der Waals surface area contributed by atoms with Crippen molar-refractivity contribution >= 4 is 23.6 Å². The van der Waals surface area contributed by atoms with Crippen LogP contribution in [0.25, 0.3) is 6.08 Å². The summed E-state index contributed by atoms with van der Waals surface area (Å²) in [6, 6.07) is 12.5.